The molecule has 0 radical (unpaired) electrons. The van der Waals surface area contributed by atoms with E-state index in [2.05, 4.69) is 4.90 Å². The van der Waals surface area contributed by atoms with Gasteiger partial charge >= 0.3 is 0 Å². The molecule has 8 nitrogen and oxygen atoms in total. The first-order valence-electron chi connectivity index (χ1n) is 11.2. The summed E-state index contributed by atoms with van der Waals surface area (Å²) in [5.41, 5.74) is 1.29. The van der Waals surface area contributed by atoms with E-state index >= 15 is 0 Å². The van der Waals surface area contributed by atoms with Crippen molar-refractivity contribution in [3.8, 4) is 11.5 Å². The largest absolute Gasteiger partial charge is 0.507 e. The Morgan fingerprint density at radius 2 is 1.73 bits per heavy atom. The number of aliphatic hydroxyl groups excluding tert-OH is 1. The molecule has 2 saturated heterocycles. The Balaban J connectivity index is 1.46. The van der Waals surface area contributed by atoms with E-state index in [-0.39, 0.29) is 18.1 Å². The quantitative estimate of drug-likeness (QED) is 0.411. The van der Waals surface area contributed by atoms with E-state index in [9.17, 15) is 14.7 Å². The maximum Gasteiger partial charge on any atom is 0.295 e. The molecule has 1 atom stereocenters. The average molecular weight is 450 g/mol. The van der Waals surface area contributed by atoms with Crippen molar-refractivity contribution in [1.29, 1.82) is 0 Å². The number of nitrogens with zero attached hydrogens (tertiary/aromatic N) is 2. The number of likely N-dealkylation sites (tertiary alicyclic amines) is 1. The molecule has 1 unspecified atom stereocenters. The molecule has 172 valence electrons. The Kier molecular flexibility index (Phi) is 6.02. The minimum absolute atomic E-state index is 0.0939. The fourth-order valence-electron chi connectivity index (χ4n) is 4.58. The van der Waals surface area contributed by atoms with Gasteiger partial charge in [0.2, 0.25) is 6.79 Å². The number of ketones is 1. The third-order valence-corrected chi connectivity index (χ3v) is 6.28. The summed E-state index contributed by atoms with van der Waals surface area (Å²) >= 11 is 0. The number of aliphatic hydroxyl groups is 1. The van der Waals surface area contributed by atoms with E-state index in [0.29, 0.717) is 36.8 Å². The molecular formula is C25H26N2O6. The van der Waals surface area contributed by atoms with Crippen molar-refractivity contribution in [3.63, 3.8) is 0 Å². The molecule has 0 aliphatic carbocycles. The molecule has 8 heteroatoms. The van der Waals surface area contributed by atoms with Crippen LogP contribution in [0.4, 0.5) is 0 Å². The van der Waals surface area contributed by atoms with Gasteiger partial charge in [-0.1, -0.05) is 30.3 Å². The Bertz CT molecular complexity index is 1080. The topological polar surface area (TPSA) is 88.5 Å². The van der Waals surface area contributed by atoms with Gasteiger partial charge in [0.25, 0.3) is 11.7 Å². The molecule has 0 bridgehead atoms. The standard InChI is InChI=1S/C25H26N2O6/c28-23(18-7-8-19-20(15-18)33-16-32-19)21-22(17-5-2-1-3-6-17)27(25(30)24(21)29)10-4-9-26-11-13-31-14-12-26/h1-3,5-8,15,22,28H,4,9-14,16H2/b23-21+. The van der Waals surface area contributed by atoms with Crippen molar-refractivity contribution in [1.82, 2.24) is 9.80 Å². The number of Topliss-reactive ketones (excluding diaryl/α,β-unsaturated/α-hetero) is 1. The van der Waals surface area contributed by atoms with Gasteiger partial charge in [0.1, 0.15) is 5.76 Å². The summed E-state index contributed by atoms with van der Waals surface area (Å²) < 4.78 is 16.1. The molecule has 3 aliphatic rings. The third kappa shape index (κ3) is 4.19. The summed E-state index contributed by atoms with van der Waals surface area (Å²) in [6.07, 6.45) is 0.723. The maximum atomic E-state index is 13.1. The van der Waals surface area contributed by atoms with Crippen LogP contribution in [0.15, 0.2) is 54.1 Å². The number of rotatable bonds is 6. The second-order valence-electron chi connectivity index (χ2n) is 8.28. The fraction of sp³-hybridized carbons (Fsp3) is 0.360. The summed E-state index contributed by atoms with van der Waals surface area (Å²) in [5.74, 6) is -0.403. The van der Waals surface area contributed by atoms with Crippen LogP contribution in [0.5, 0.6) is 11.5 Å². The van der Waals surface area contributed by atoms with E-state index in [1.807, 2.05) is 30.3 Å². The van der Waals surface area contributed by atoms with Gasteiger partial charge in [-0.05, 0) is 30.2 Å². The van der Waals surface area contributed by atoms with Crippen molar-refractivity contribution in [2.45, 2.75) is 12.5 Å². The molecule has 0 saturated carbocycles. The number of carbonyl (C=O) groups is 2. The molecule has 5 rings (SSSR count). The summed E-state index contributed by atoms with van der Waals surface area (Å²) in [6, 6.07) is 13.7. The Hall–Kier alpha value is -3.36. The van der Waals surface area contributed by atoms with E-state index in [4.69, 9.17) is 14.2 Å². The molecule has 2 aromatic carbocycles. The molecule has 2 aromatic rings. The van der Waals surface area contributed by atoms with Crippen molar-refractivity contribution < 1.29 is 28.9 Å². The van der Waals surface area contributed by atoms with Crippen LogP contribution < -0.4 is 9.47 Å². The zero-order valence-electron chi connectivity index (χ0n) is 18.2. The monoisotopic (exact) mass is 450 g/mol. The molecular weight excluding hydrogens is 424 g/mol. The van der Waals surface area contributed by atoms with Crippen LogP contribution in [0.2, 0.25) is 0 Å². The lowest BCUT2D eigenvalue weighted by atomic mass is 9.95. The normalized spacial score (nSPS) is 22.2. The third-order valence-electron chi connectivity index (χ3n) is 6.28. The lowest BCUT2D eigenvalue weighted by Gasteiger charge is -2.29. The van der Waals surface area contributed by atoms with Crippen molar-refractivity contribution >= 4 is 17.4 Å². The van der Waals surface area contributed by atoms with Crippen LogP contribution in [-0.4, -0.2) is 72.8 Å². The first kappa shape index (κ1) is 21.5. The van der Waals surface area contributed by atoms with Crippen LogP contribution in [0.25, 0.3) is 5.76 Å². The predicted molar refractivity (Wildman–Crippen MR) is 120 cm³/mol. The van der Waals surface area contributed by atoms with Crippen molar-refractivity contribution in [2.24, 2.45) is 0 Å². The van der Waals surface area contributed by atoms with Crippen molar-refractivity contribution in [3.05, 3.63) is 65.2 Å². The number of benzene rings is 2. The molecule has 2 fully saturated rings. The number of fused-ring (bicyclic) bond motifs is 1. The highest BCUT2D eigenvalue weighted by atomic mass is 16.7. The molecule has 3 heterocycles. The van der Waals surface area contributed by atoms with Gasteiger partial charge in [-0.15, -0.1) is 0 Å². The van der Waals surface area contributed by atoms with Crippen molar-refractivity contribution in [2.75, 3.05) is 46.2 Å². The Morgan fingerprint density at radius 1 is 0.970 bits per heavy atom. The Morgan fingerprint density at radius 3 is 2.52 bits per heavy atom. The smallest absolute Gasteiger partial charge is 0.295 e. The van der Waals surface area contributed by atoms with Crippen LogP contribution in [-0.2, 0) is 14.3 Å². The van der Waals surface area contributed by atoms with Gasteiger partial charge in [0, 0.05) is 31.7 Å². The SMILES string of the molecule is O=C1C(=O)N(CCCN2CCOCC2)C(c2ccccc2)/C1=C(\O)c1ccc2c(c1)OCO2. The molecule has 3 aliphatic heterocycles. The number of carbonyl (C=O) groups excluding carboxylic acids is 2. The van der Waals surface area contributed by atoms with E-state index in [0.717, 1.165) is 31.6 Å². The molecule has 0 aromatic heterocycles. The molecule has 0 spiro atoms. The lowest BCUT2D eigenvalue weighted by Crippen LogP contribution is -2.38. The van der Waals surface area contributed by atoms with Gasteiger partial charge in [-0.3, -0.25) is 14.5 Å². The number of ether oxygens (including phenoxy) is 3. The number of amides is 1. The van der Waals surface area contributed by atoms with Gasteiger partial charge in [0.15, 0.2) is 11.5 Å². The van der Waals surface area contributed by atoms with E-state index < -0.39 is 17.7 Å². The number of hydrogen-bond acceptors (Lipinski definition) is 7. The summed E-state index contributed by atoms with van der Waals surface area (Å²) in [6.45, 7) is 4.50. The van der Waals surface area contributed by atoms with Gasteiger partial charge < -0.3 is 24.2 Å². The zero-order chi connectivity index (χ0) is 22.8. The predicted octanol–water partition coefficient (Wildman–Crippen LogP) is 2.56. The summed E-state index contributed by atoms with van der Waals surface area (Å²) in [4.78, 5) is 30.1. The first-order chi connectivity index (χ1) is 16.1. The molecule has 33 heavy (non-hydrogen) atoms. The Labute approximate surface area is 192 Å². The average Bonchev–Trinajstić information content (AvgIpc) is 3.42. The minimum atomic E-state index is -0.676. The van der Waals surface area contributed by atoms with Crippen LogP contribution in [0.3, 0.4) is 0 Å². The summed E-state index contributed by atoms with van der Waals surface area (Å²) in [5, 5.41) is 11.2. The second kappa shape index (κ2) is 9.25. The maximum absolute atomic E-state index is 13.1. The minimum Gasteiger partial charge on any atom is -0.507 e. The van der Waals surface area contributed by atoms with Crippen LogP contribution in [0.1, 0.15) is 23.6 Å². The highest BCUT2D eigenvalue weighted by molar-refractivity contribution is 6.46. The van der Waals surface area contributed by atoms with Crippen LogP contribution >= 0.6 is 0 Å². The first-order valence-corrected chi connectivity index (χ1v) is 11.2. The van der Waals surface area contributed by atoms with E-state index in [1.54, 1.807) is 23.1 Å². The second-order valence-corrected chi connectivity index (χ2v) is 8.28. The van der Waals surface area contributed by atoms with Gasteiger partial charge in [0.05, 0.1) is 24.8 Å². The molecule has 1 amide bonds. The fourth-order valence-corrected chi connectivity index (χ4v) is 4.58. The highest BCUT2D eigenvalue weighted by Gasteiger charge is 2.45. The van der Waals surface area contributed by atoms with E-state index in [1.165, 1.54) is 0 Å². The van der Waals surface area contributed by atoms with Crippen LogP contribution in [0, 0.1) is 0 Å². The number of hydrogen-bond donors (Lipinski definition) is 1. The lowest BCUT2D eigenvalue weighted by molar-refractivity contribution is -0.140. The highest BCUT2D eigenvalue weighted by Crippen LogP contribution is 2.41. The molecule has 1 N–H and O–H groups in total. The van der Waals surface area contributed by atoms with Gasteiger partial charge in [-0.2, -0.15) is 0 Å². The van der Waals surface area contributed by atoms with Gasteiger partial charge in [-0.25, -0.2) is 0 Å². The number of morpholine rings is 1. The summed E-state index contributed by atoms with van der Waals surface area (Å²) in [7, 11) is 0. The zero-order valence-corrected chi connectivity index (χ0v) is 18.2.